The number of carboxylic acid groups (broad SMARTS) is 1. The van der Waals surface area contributed by atoms with Crippen LogP contribution in [0, 0.1) is 0 Å². The third-order valence-corrected chi connectivity index (χ3v) is 4.00. The van der Waals surface area contributed by atoms with Gasteiger partial charge in [0, 0.05) is 24.8 Å². The summed E-state index contributed by atoms with van der Waals surface area (Å²) in [5.41, 5.74) is 2.86. The van der Waals surface area contributed by atoms with E-state index in [1.165, 1.54) is 0 Å². The molecule has 0 amide bonds. The molecular formula is C16H18FN3O2. The smallest absolute Gasteiger partial charge is 0.325 e. The summed E-state index contributed by atoms with van der Waals surface area (Å²) in [5, 5.41) is 13.7. The molecule has 0 radical (unpaired) electrons. The number of hydrogen-bond donors (Lipinski definition) is 1. The zero-order valence-electron chi connectivity index (χ0n) is 12.2. The van der Waals surface area contributed by atoms with Crippen LogP contribution in [-0.4, -0.2) is 39.0 Å². The number of aryl methyl sites for hydroxylation is 1. The van der Waals surface area contributed by atoms with Crippen molar-refractivity contribution in [1.29, 1.82) is 0 Å². The van der Waals surface area contributed by atoms with Crippen LogP contribution >= 0.6 is 0 Å². The van der Waals surface area contributed by atoms with Gasteiger partial charge in [-0.15, -0.1) is 0 Å². The normalized spacial score (nSPS) is 18.1. The van der Waals surface area contributed by atoms with E-state index in [1.54, 1.807) is 17.1 Å². The lowest BCUT2D eigenvalue weighted by Gasteiger charge is -2.34. The summed E-state index contributed by atoms with van der Waals surface area (Å²) in [7, 11) is 0. The summed E-state index contributed by atoms with van der Waals surface area (Å²) in [5.74, 6) is -0.844. The second-order valence-electron chi connectivity index (χ2n) is 5.46. The Labute approximate surface area is 128 Å². The van der Waals surface area contributed by atoms with Gasteiger partial charge in [0.2, 0.25) is 0 Å². The van der Waals surface area contributed by atoms with Gasteiger partial charge in [-0.1, -0.05) is 24.3 Å². The fourth-order valence-electron chi connectivity index (χ4n) is 3.01. The summed E-state index contributed by atoms with van der Waals surface area (Å²) in [6.07, 6.45) is 4.28. The van der Waals surface area contributed by atoms with E-state index < -0.39 is 18.7 Å². The fraction of sp³-hybridized carbons (Fsp3) is 0.375. The molecule has 1 N–H and O–H groups in total. The summed E-state index contributed by atoms with van der Waals surface area (Å²) in [6.45, 7) is 0.945. The van der Waals surface area contributed by atoms with Crippen molar-refractivity contribution in [1.82, 2.24) is 14.7 Å². The van der Waals surface area contributed by atoms with Crippen LogP contribution in [-0.2, 0) is 24.3 Å². The van der Waals surface area contributed by atoms with Crippen LogP contribution in [0.1, 0.15) is 22.7 Å². The molecule has 1 aliphatic heterocycles. The Morgan fingerprint density at radius 3 is 3.00 bits per heavy atom. The van der Waals surface area contributed by atoms with Crippen LogP contribution in [0.4, 0.5) is 4.39 Å². The van der Waals surface area contributed by atoms with Crippen LogP contribution in [0.3, 0.4) is 0 Å². The van der Waals surface area contributed by atoms with E-state index >= 15 is 0 Å². The standard InChI is InChI=1S/C16H18FN3O2/c17-6-8-20-11-12(9-18-20)10-19-7-5-13-3-1-2-4-14(13)15(19)16(21)22/h1-4,9,11,15H,5-8,10H2,(H,21,22). The minimum atomic E-state index is -0.844. The molecule has 22 heavy (non-hydrogen) atoms. The highest BCUT2D eigenvalue weighted by molar-refractivity contribution is 5.76. The zero-order valence-corrected chi connectivity index (χ0v) is 12.2. The van der Waals surface area contributed by atoms with Crippen LogP contribution in [0.15, 0.2) is 36.7 Å². The van der Waals surface area contributed by atoms with Gasteiger partial charge < -0.3 is 5.11 Å². The van der Waals surface area contributed by atoms with E-state index in [4.69, 9.17) is 0 Å². The Morgan fingerprint density at radius 1 is 1.41 bits per heavy atom. The molecule has 1 aliphatic rings. The van der Waals surface area contributed by atoms with E-state index in [0.717, 1.165) is 23.1 Å². The molecule has 1 atom stereocenters. The average Bonchev–Trinajstić information content (AvgIpc) is 2.94. The number of fused-ring (bicyclic) bond motifs is 1. The van der Waals surface area contributed by atoms with Gasteiger partial charge in [-0.25, -0.2) is 4.39 Å². The first-order valence-corrected chi connectivity index (χ1v) is 7.31. The zero-order chi connectivity index (χ0) is 15.5. The predicted octanol–water partition coefficient (Wildman–Crippen LogP) is 2.04. The van der Waals surface area contributed by atoms with Crippen LogP contribution in [0.2, 0.25) is 0 Å². The van der Waals surface area contributed by atoms with Gasteiger partial charge in [0.05, 0.1) is 12.7 Å². The maximum absolute atomic E-state index is 12.3. The molecule has 116 valence electrons. The number of aliphatic carboxylic acids is 1. The first kappa shape index (κ1) is 14.7. The Bertz CT molecular complexity index is 671. The van der Waals surface area contributed by atoms with E-state index in [0.29, 0.717) is 13.1 Å². The minimum absolute atomic E-state index is 0.227. The molecule has 1 aromatic heterocycles. The molecule has 2 aromatic rings. The summed E-state index contributed by atoms with van der Waals surface area (Å²) < 4.78 is 13.9. The van der Waals surface area contributed by atoms with Gasteiger partial charge in [0.25, 0.3) is 0 Å². The summed E-state index contributed by atoms with van der Waals surface area (Å²) >= 11 is 0. The van der Waals surface area contributed by atoms with Crippen molar-refractivity contribution in [3.63, 3.8) is 0 Å². The number of benzene rings is 1. The van der Waals surface area contributed by atoms with Gasteiger partial charge in [0.1, 0.15) is 12.7 Å². The lowest BCUT2D eigenvalue weighted by Crippen LogP contribution is -2.39. The van der Waals surface area contributed by atoms with Crippen molar-refractivity contribution >= 4 is 5.97 Å². The highest BCUT2D eigenvalue weighted by Gasteiger charge is 2.32. The van der Waals surface area contributed by atoms with Gasteiger partial charge in [-0.2, -0.15) is 5.10 Å². The number of halogens is 1. The third-order valence-electron chi connectivity index (χ3n) is 4.00. The van der Waals surface area contributed by atoms with Crippen molar-refractivity contribution < 1.29 is 14.3 Å². The largest absolute Gasteiger partial charge is 0.480 e. The van der Waals surface area contributed by atoms with Crippen molar-refractivity contribution in [2.45, 2.75) is 25.6 Å². The topological polar surface area (TPSA) is 58.4 Å². The Hall–Kier alpha value is -2.21. The molecular weight excluding hydrogens is 285 g/mol. The number of aromatic nitrogens is 2. The van der Waals surface area contributed by atoms with Crippen molar-refractivity contribution in [2.24, 2.45) is 0 Å². The third kappa shape index (κ3) is 2.87. The molecule has 1 aromatic carbocycles. The second kappa shape index (κ2) is 6.27. The molecule has 2 heterocycles. The van der Waals surface area contributed by atoms with Crippen molar-refractivity contribution in [2.75, 3.05) is 13.2 Å². The van der Waals surface area contributed by atoms with Gasteiger partial charge in [0.15, 0.2) is 0 Å². The molecule has 1 unspecified atom stereocenters. The SMILES string of the molecule is O=C(O)C1c2ccccc2CCN1Cc1cnn(CCF)c1. The molecule has 0 bridgehead atoms. The van der Waals surface area contributed by atoms with Gasteiger partial charge in [-0.05, 0) is 17.5 Å². The number of rotatable bonds is 5. The van der Waals surface area contributed by atoms with Crippen LogP contribution in [0.5, 0.6) is 0 Å². The molecule has 0 spiro atoms. The number of nitrogens with zero attached hydrogens (tertiary/aromatic N) is 3. The summed E-state index contributed by atoms with van der Waals surface area (Å²) in [6, 6.07) is 7.04. The maximum atomic E-state index is 12.3. The lowest BCUT2D eigenvalue weighted by molar-refractivity contribution is -0.144. The molecule has 5 nitrogen and oxygen atoms in total. The lowest BCUT2D eigenvalue weighted by atomic mass is 9.92. The monoisotopic (exact) mass is 303 g/mol. The minimum Gasteiger partial charge on any atom is -0.480 e. The first-order valence-electron chi connectivity index (χ1n) is 7.31. The Kier molecular flexibility index (Phi) is 4.20. The quantitative estimate of drug-likeness (QED) is 0.918. The first-order chi connectivity index (χ1) is 10.7. The molecule has 0 saturated heterocycles. The summed E-state index contributed by atoms with van der Waals surface area (Å²) in [4.78, 5) is 13.6. The predicted molar refractivity (Wildman–Crippen MR) is 79.1 cm³/mol. The molecule has 0 saturated carbocycles. The number of carbonyl (C=O) groups is 1. The molecule has 0 fully saturated rings. The number of hydrogen-bond acceptors (Lipinski definition) is 3. The van der Waals surface area contributed by atoms with Crippen LogP contribution in [0.25, 0.3) is 0 Å². The van der Waals surface area contributed by atoms with Gasteiger partial charge >= 0.3 is 5.97 Å². The maximum Gasteiger partial charge on any atom is 0.325 e. The Balaban J connectivity index is 1.82. The average molecular weight is 303 g/mol. The van der Waals surface area contributed by atoms with E-state index in [1.807, 2.05) is 29.2 Å². The van der Waals surface area contributed by atoms with Crippen LogP contribution < -0.4 is 0 Å². The number of alkyl halides is 1. The van der Waals surface area contributed by atoms with Crippen molar-refractivity contribution in [3.8, 4) is 0 Å². The fourth-order valence-corrected chi connectivity index (χ4v) is 3.01. The van der Waals surface area contributed by atoms with Crippen molar-refractivity contribution in [3.05, 3.63) is 53.3 Å². The Morgan fingerprint density at radius 2 is 2.23 bits per heavy atom. The highest BCUT2D eigenvalue weighted by atomic mass is 19.1. The molecule has 6 heteroatoms. The number of carboxylic acids is 1. The molecule has 3 rings (SSSR count). The van der Waals surface area contributed by atoms with E-state index in [9.17, 15) is 14.3 Å². The molecule has 0 aliphatic carbocycles. The van der Waals surface area contributed by atoms with Gasteiger partial charge in [-0.3, -0.25) is 14.4 Å². The van der Waals surface area contributed by atoms with E-state index in [2.05, 4.69) is 5.10 Å². The second-order valence-corrected chi connectivity index (χ2v) is 5.46. The highest BCUT2D eigenvalue weighted by Crippen LogP contribution is 2.31. The van der Waals surface area contributed by atoms with E-state index in [-0.39, 0.29) is 6.54 Å².